The molecule has 0 bridgehead atoms. The molecule has 1 aromatic rings. The van der Waals surface area contributed by atoms with Gasteiger partial charge in [0.2, 0.25) is 0 Å². The smallest absolute Gasteiger partial charge is 0.119 e. The summed E-state index contributed by atoms with van der Waals surface area (Å²) in [6.45, 7) is 4.32. The first-order valence-corrected chi connectivity index (χ1v) is 6.34. The number of carboxylic acid groups (broad SMARTS) is 1. The Hall–Kier alpha value is -1.55. The molecule has 0 radical (unpaired) electrons. The monoisotopic (exact) mass is 251 g/mol. The Morgan fingerprint density at radius 3 is 2.89 bits per heavy atom. The molecule has 18 heavy (non-hydrogen) atoms. The summed E-state index contributed by atoms with van der Waals surface area (Å²) in [6.07, 6.45) is 0.787. The summed E-state index contributed by atoms with van der Waals surface area (Å²) in [5.41, 5.74) is 1.20. The number of carbonyl (C=O) groups excluding carboxylic acids is 1. The first-order chi connectivity index (χ1) is 8.61. The number of carboxylic acids is 1. The average molecular weight is 251 g/mol. The van der Waals surface area contributed by atoms with Crippen LogP contribution in [0.1, 0.15) is 25.3 Å². The number of nitrogens with one attached hydrogen (secondary N) is 1. The minimum atomic E-state index is -0.971. The van der Waals surface area contributed by atoms with Crippen LogP contribution in [0.15, 0.2) is 24.3 Å². The molecule has 0 aliphatic rings. The second-order valence-corrected chi connectivity index (χ2v) is 4.44. The number of hydrogen-bond acceptors (Lipinski definition) is 3. The normalized spacial score (nSPS) is 12.1. The maximum absolute atomic E-state index is 10.3. The van der Waals surface area contributed by atoms with Gasteiger partial charge in [-0.15, -0.1) is 0 Å². The van der Waals surface area contributed by atoms with Gasteiger partial charge in [0.25, 0.3) is 0 Å². The van der Waals surface area contributed by atoms with Gasteiger partial charge in [0.05, 0.1) is 20.2 Å². The fourth-order valence-electron chi connectivity index (χ4n) is 1.88. The lowest BCUT2D eigenvalue weighted by Crippen LogP contribution is -3.07. The molecule has 0 saturated carbocycles. The van der Waals surface area contributed by atoms with Crippen molar-refractivity contribution in [3.63, 3.8) is 0 Å². The molecule has 1 N–H and O–H groups in total. The van der Waals surface area contributed by atoms with Crippen molar-refractivity contribution in [3.8, 4) is 5.75 Å². The summed E-state index contributed by atoms with van der Waals surface area (Å²) in [5.74, 6) is -0.0846. The van der Waals surface area contributed by atoms with Gasteiger partial charge in [0, 0.05) is 18.0 Å². The first-order valence-electron chi connectivity index (χ1n) is 6.34. The van der Waals surface area contributed by atoms with E-state index in [2.05, 4.69) is 13.1 Å². The highest BCUT2D eigenvalue weighted by molar-refractivity contribution is 5.64. The zero-order valence-corrected chi connectivity index (χ0v) is 11.1. The number of benzene rings is 1. The summed E-state index contributed by atoms with van der Waals surface area (Å²) in [6, 6.07) is 8.02. The van der Waals surface area contributed by atoms with Crippen molar-refractivity contribution < 1.29 is 19.5 Å². The van der Waals surface area contributed by atoms with E-state index in [9.17, 15) is 9.90 Å². The molecule has 0 amide bonds. The van der Waals surface area contributed by atoms with Crippen LogP contribution in [0.4, 0.5) is 0 Å². The van der Waals surface area contributed by atoms with Crippen LogP contribution < -0.4 is 14.7 Å². The van der Waals surface area contributed by atoms with Gasteiger partial charge >= 0.3 is 0 Å². The van der Waals surface area contributed by atoms with Crippen molar-refractivity contribution in [2.75, 3.05) is 20.2 Å². The third-order valence-electron chi connectivity index (χ3n) is 2.70. The van der Waals surface area contributed by atoms with Crippen molar-refractivity contribution in [2.24, 2.45) is 0 Å². The van der Waals surface area contributed by atoms with Gasteiger partial charge in [-0.3, -0.25) is 0 Å². The van der Waals surface area contributed by atoms with E-state index in [1.165, 1.54) is 10.5 Å². The summed E-state index contributed by atoms with van der Waals surface area (Å²) >= 11 is 0. The van der Waals surface area contributed by atoms with Crippen molar-refractivity contribution in [2.45, 2.75) is 26.3 Å². The maximum atomic E-state index is 10.3. The molecule has 0 saturated heterocycles. The number of carbonyl (C=O) groups is 1. The summed E-state index contributed by atoms with van der Waals surface area (Å²) in [7, 11) is 2.06. The minimum Gasteiger partial charge on any atom is -0.550 e. The zero-order valence-electron chi connectivity index (χ0n) is 11.1. The first kappa shape index (κ1) is 14.5. The standard InChI is InChI=1S/C14H21NO3/c1-3-18-13-7-4-6-12(10-13)11-15(2)9-5-8-14(16)17/h4,6-7,10H,3,5,8-9,11H2,1-2H3,(H,16,17). The number of rotatable bonds is 8. The van der Waals surface area contributed by atoms with Crippen molar-refractivity contribution in [1.82, 2.24) is 0 Å². The highest BCUT2D eigenvalue weighted by atomic mass is 16.5. The van der Waals surface area contributed by atoms with E-state index in [1.54, 1.807) is 0 Å². The van der Waals surface area contributed by atoms with E-state index in [1.807, 2.05) is 25.1 Å². The molecule has 1 atom stereocenters. The molecule has 1 rings (SSSR count). The Labute approximate surface area is 108 Å². The van der Waals surface area contributed by atoms with Crippen LogP contribution in [0.5, 0.6) is 5.75 Å². The molecule has 0 heterocycles. The summed E-state index contributed by atoms with van der Waals surface area (Å²) in [4.78, 5) is 11.6. The number of aliphatic carboxylic acids is 1. The third kappa shape index (κ3) is 5.68. The van der Waals surface area contributed by atoms with Crippen LogP contribution in [-0.4, -0.2) is 26.2 Å². The van der Waals surface area contributed by atoms with E-state index in [-0.39, 0.29) is 6.42 Å². The number of hydrogen-bond donors (Lipinski definition) is 1. The highest BCUT2D eigenvalue weighted by Gasteiger charge is 2.04. The van der Waals surface area contributed by atoms with Crippen molar-refractivity contribution >= 4 is 5.97 Å². The molecule has 100 valence electrons. The Morgan fingerprint density at radius 1 is 1.44 bits per heavy atom. The van der Waals surface area contributed by atoms with E-state index in [0.717, 1.165) is 18.8 Å². The molecule has 0 fully saturated rings. The molecular weight excluding hydrogens is 230 g/mol. The van der Waals surface area contributed by atoms with Crippen LogP contribution in [0.3, 0.4) is 0 Å². The van der Waals surface area contributed by atoms with E-state index >= 15 is 0 Å². The molecule has 4 heteroatoms. The lowest BCUT2D eigenvalue weighted by molar-refractivity contribution is -0.893. The largest absolute Gasteiger partial charge is 0.550 e. The fourth-order valence-corrected chi connectivity index (χ4v) is 1.88. The molecule has 0 spiro atoms. The molecule has 1 aromatic carbocycles. The Morgan fingerprint density at radius 2 is 2.22 bits per heavy atom. The second-order valence-electron chi connectivity index (χ2n) is 4.44. The molecule has 1 unspecified atom stereocenters. The maximum Gasteiger partial charge on any atom is 0.119 e. The minimum absolute atomic E-state index is 0.135. The van der Waals surface area contributed by atoms with Crippen LogP contribution >= 0.6 is 0 Å². The Bertz CT molecular complexity index is 379. The van der Waals surface area contributed by atoms with Crippen LogP contribution in [0, 0.1) is 0 Å². The topological polar surface area (TPSA) is 53.8 Å². The predicted molar refractivity (Wildman–Crippen MR) is 67.3 cm³/mol. The van der Waals surface area contributed by atoms with E-state index < -0.39 is 5.97 Å². The van der Waals surface area contributed by atoms with Gasteiger partial charge in [-0.2, -0.15) is 0 Å². The van der Waals surface area contributed by atoms with Gasteiger partial charge < -0.3 is 19.5 Å². The van der Waals surface area contributed by atoms with Crippen molar-refractivity contribution in [1.29, 1.82) is 0 Å². The fraction of sp³-hybridized carbons (Fsp3) is 0.500. The number of quaternary nitrogens is 1. The molecule has 0 aliphatic heterocycles. The van der Waals surface area contributed by atoms with Gasteiger partial charge in [-0.25, -0.2) is 0 Å². The quantitative estimate of drug-likeness (QED) is 0.686. The second kappa shape index (κ2) is 7.71. The molecule has 0 aliphatic carbocycles. The molecule has 4 nitrogen and oxygen atoms in total. The lowest BCUT2D eigenvalue weighted by atomic mass is 10.2. The number of ether oxygens (including phenoxy) is 1. The van der Waals surface area contributed by atoms with Gasteiger partial charge in [-0.05, 0) is 25.5 Å². The Balaban J connectivity index is 2.40. The van der Waals surface area contributed by atoms with E-state index in [4.69, 9.17) is 4.74 Å². The predicted octanol–water partition coefficient (Wildman–Crippen LogP) is -0.370. The SMILES string of the molecule is CCOc1cccc(C[NH+](C)CCCC(=O)[O-])c1. The van der Waals surface area contributed by atoms with Gasteiger partial charge in [-0.1, -0.05) is 12.1 Å². The van der Waals surface area contributed by atoms with Crippen LogP contribution in [0.25, 0.3) is 0 Å². The van der Waals surface area contributed by atoms with Crippen LogP contribution in [-0.2, 0) is 11.3 Å². The van der Waals surface area contributed by atoms with Gasteiger partial charge in [0.15, 0.2) is 0 Å². The third-order valence-corrected chi connectivity index (χ3v) is 2.70. The van der Waals surface area contributed by atoms with Crippen LogP contribution in [0.2, 0.25) is 0 Å². The average Bonchev–Trinajstić information content (AvgIpc) is 2.29. The zero-order chi connectivity index (χ0) is 13.4. The van der Waals surface area contributed by atoms with Gasteiger partial charge in [0.1, 0.15) is 12.3 Å². The molecule has 0 aromatic heterocycles. The van der Waals surface area contributed by atoms with Crippen molar-refractivity contribution in [3.05, 3.63) is 29.8 Å². The summed E-state index contributed by atoms with van der Waals surface area (Å²) in [5, 5.41) is 10.3. The molecular formula is C14H21NO3. The lowest BCUT2D eigenvalue weighted by Gasteiger charge is -2.14. The highest BCUT2D eigenvalue weighted by Crippen LogP contribution is 2.12. The Kier molecular flexibility index (Phi) is 6.22. The van der Waals surface area contributed by atoms with E-state index in [0.29, 0.717) is 13.0 Å². The summed E-state index contributed by atoms with van der Waals surface area (Å²) < 4.78 is 5.45.